The van der Waals surface area contributed by atoms with Crippen molar-refractivity contribution < 1.29 is 38.0 Å². The molecule has 0 aromatic heterocycles. The number of rotatable bonds is 12. The maximum absolute atomic E-state index is 12.0. The number of amides is 1. The van der Waals surface area contributed by atoms with Gasteiger partial charge in [0.05, 0.1) is 36.9 Å². The first-order valence-corrected chi connectivity index (χ1v) is 11.1. The van der Waals surface area contributed by atoms with Gasteiger partial charge in [0.25, 0.3) is 0 Å². The van der Waals surface area contributed by atoms with E-state index in [1.807, 2.05) is 34.6 Å². The largest absolute Gasteiger partial charge is 0.457 e. The third-order valence-corrected chi connectivity index (χ3v) is 5.66. The first kappa shape index (κ1) is 30.8. The first-order chi connectivity index (χ1) is 15.1. The van der Waals surface area contributed by atoms with Crippen LogP contribution in [0, 0.1) is 0 Å². The quantitative estimate of drug-likeness (QED) is 0.347. The standard InChI is InChI=1S/C16H28BNO6.C6H14O2/c1-6-11-14(24-13(20)8-7-12(19)18-4)15(16(17)23-11)22-10(3)9(2)21-5;1-5(7-3)6(2)8-4/h9-11,14-16H,6-8H2,1-5H3,(H,18,19);5-6H,1-4H3/t9-,10+,11+,14?,15-,16+;5-,6+/m0./s1. The molecule has 0 saturated carbocycles. The van der Waals surface area contributed by atoms with Crippen molar-refractivity contribution in [2.75, 3.05) is 28.4 Å². The van der Waals surface area contributed by atoms with E-state index in [2.05, 4.69) is 5.32 Å². The Balaban J connectivity index is 0.00000102. The summed E-state index contributed by atoms with van der Waals surface area (Å²) in [5.41, 5.74) is 0. The summed E-state index contributed by atoms with van der Waals surface area (Å²) >= 11 is 0. The number of esters is 1. The summed E-state index contributed by atoms with van der Waals surface area (Å²) in [7, 11) is 12.5. The molecule has 1 unspecified atom stereocenters. The fourth-order valence-corrected chi connectivity index (χ4v) is 2.87. The minimum absolute atomic E-state index is 0.00140. The number of methoxy groups -OCH3 is 3. The van der Waals surface area contributed by atoms with Crippen LogP contribution in [0.25, 0.3) is 0 Å². The molecule has 1 fully saturated rings. The Morgan fingerprint density at radius 3 is 1.84 bits per heavy atom. The van der Waals surface area contributed by atoms with Crippen LogP contribution in [0.5, 0.6) is 0 Å². The van der Waals surface area contributed by atoms with Gasteiger partial charge >= 0.3 is 5.97 Å². The average molecular weight is 459 g/mol. The van der Waals surface area contributed by atoms with E-state index < -0.39 is 24.2 Å². The minimum atomic E-state index is -0.682. The highest BCUT2D eigenvalue weighted by molar-refractivity contribution is 6.11. The monoisotopic (exact) mass is 459 g/mol. The van der Waals surface area contributed by atoms with Gasteiger partial charge in [0.1, 0.15) is 14.0 Å². The van der Waals surface area contributed by atoms with Gasteiger partial charge in [0.2, 0.25) is 5.91 Å². The van der Waals surface area contributed by atoms with Crippen LogP contribution in [0.2, 0.25) is 0 Å². The Labute approximate surface area is 194 Å². The van der Waals surface area contributed by atoms with E-state index in [1.165, 1.54) is 7.05 Å². The topological polar surface area (TPSA) is 102 Å². The van der Waals surface area contributed by atoms with Crippen molar-refractivity contribution >= 4 is 19.7 Å². The van der Waals surface area contributed by atoms with Crippen LogP contribution in [-0.4, -0.2) is 96.8 Å². The molecular weight excluding hydrogens is 417 g/mol. The maximum Gasteiger partial charge on any atom is 0.306 e. The van der Waals surface area contributed by atoms with Gasteiger partial charge in [-0.25, -0.2) is 0 Å². The van der Waals surface area contributed by atoms with Crippen LogP contribution in [0.3, 0.4) is 0 Å². The van der Waals surface area contributed by atoms with Gasteiger partial charge in [0, 0.05) is 40.8 Å². The number of ether oxygens (including phenoxy) is 6. The van der Waals surface area contributed by atoms with E-state index in [0.717, 1.165) is 0 Å². The first-order valence-electron chi connectivity index (χ1n) is 11.1. The summed E-state index contributed by atoms with van der Waals surface area (Å²) in [6.45, 7) is 9.63. The molecule has 1 aliphatic heterocycles. The van der Waals surface area contributed by atoms with Gasteiger partial charge < -0.3 is 33.7 Å². The van der Waals surface area contributed by atoms with E-state index >= 15 is 0 Å². The molecule has 10 heteroatoms. The van der Waals surface area contributed by atoms with Crippen LogP contribution in [0.1, 0.15) is 53.9 Å². The van der Waals surface area contributed by atoms with Gasteiger partial charge in [-0.15, -0.1) is 0 Å². The molecule has 8 atom stereocenters. The molecule has 1 saturated heterocycles. The van der Waals surface area contributed by atoms with Gasteiger partial charge in [-0.1, -0.05) is 6.92 Å². The molecule has 1 N–H and O–H groups in total. The van der Waals surface area contributed by atoms with Crippen LogP contribution in [0.15, 0.2) is 0 Å². The second-order valence-corrected chi connectivity index (χ2v) is 7.80. The summed E-state index contributed by atoms with van der Waals surface area (Å²) in [6.07, 6.45) is -0.790. The molecular formula is C22H42BNO8. The molecule has 0 bridgehead atoms. The molecule has 1 amide bonds. The average Bonchev–Trinajstić information content (AvgIpc) is 3.09. The van der Waals surface area contributed by atoms with Crippen molar-refractivity contribution in [3.05, 3.63) is 0 Å². The van der Waals surface area contributed by atoms with E-state index in [0.29, 0.717) is 6.42 Å². The molecule has 9 nitrogen and oxygen atoms in total. The predicted molar refractivity (Wildman–Crippen MR) is 122 cm³/mol. The predicted octanol–water partition coefficient (Wildman–Crippen LogP) is 1.59. The van der Waals surface area contributed by atoms with Crippen molar-refractivity contribution in [3.8, 4) is 0 Å². The van der Waals surface area contributed by atoms with Crippen molar-refractivity contribution in [1.82, 2.24) is 5.32 Å². The molecule has 1 heterocycles. The van der Waals surface area contributed by atoms with Crippen LogP contribution < -0.4 is 5.32 Å². The van der Waals surface area contributed by atoms with E-state index in [4.69, 9.17) is 36.3 Å². The van der Waals surface area contributed by atoms with Gasteiger partial charge in [-0.2, -0.15) is 0 Å². The van der Waals surface area contributed by atoms with Crippen molar-refractivity contribution in [3.63, 3.8) is 0 Å². The fraction of sp³-hybridized carbons (Fsp3) is 0.909. The zero-order chi connectivity index (χ0) is 24.8. The number of carbonyl (C=O) groups is 2. The number of hydrogen-bond acceptors (Lipinski definition) is 8. The fourth-order valence-electron chi connectivity index (χ4n) is 2.87. The molecule has 0 aliphatic carbocycles. The zero-order valence-electron chi connectivity index (χ0n) is 21.1. The zero-order valence-corrected chi connectivity index (χ0v) is 21.1. The second kappa shape index (κ2) is 16.4. The minimum Gasteiger partial charge on any atom is -0.457 e. The molecule has 0 spiro atoms. The van der Waals surface area contributed by atoms with Crippen molar-refractivity contribution in [2.45, 2.75) is 103 Å². The summed E-state index contributed by atoms with van der Waals surface area (Å²) in [6, 6.07) is -0.682. The lowest BCUT2D eigenvalue weighted by atomic mass is 9.92. The van der Waals surface area contributed by atoms with E-state index in [-0.39, 0.29) is 49.3 Å². The molecule has 2 radical (unpaired) electrons. The van der Waals surface area contributed by atoms with Crippen molar-refractivity contribution in [1.29, 1.82) is 0 Å². The Morgan fingerprint density at radius 2 is 1.41 bits per heavy atom. The Hall–Kier alpha value is -1.20. The summed E-state index contributed by atoms with van der Waals surface area (Å²) in [5.74, 6) is -0.686. The molecule has 1 rings (SSSR count). The SMILES string of the molecule is CO[C@@H](C)[C@@H](C)OC.[B][C@@H]1O[C@H](CC)C(OC(=O)CCC(=O)NC)[C@@H]1O[C@H](C)[C@H](C)OC. The highest BCUT2D eigenvalue weighted by atomic mass is 16.6. The van der Waals surface area contributed by atoms with E-state index in [1.54, 1.807) is 21.3 Å². The van der Waals surface area contributed by atoms with Gasteiger partial charge in [0.15, 0.2) is 6.10 Å². The Bertz CT molecular complexity index is 530. The Morgan fingerprint density at radius 1 is 0.906 bits per heavy atom. The number of carbonyl (C=O) groups excluding carboxylic acids is 2. The second-order valence-electron chi connectivity index (χ2n) is 7.80. The smallest absolute Gasteiger partial charge is 0.306 e. The van der Waals surface area contributed by atoms with Gasteiger partial charge in [-0.05, 0) is 34.1 Å². The normalized spacial score (nSPS) is 26.3. The summed E-state index contributed by atoms with van der Waals surface area (Å²) in [4.78, 5) is 23.3. The third kappa shape index (κ3) is 10.6. The van der Waals surface area contributed by atoms with Crippen molar-refractivity contribution in [2.24, 2.45) is 0 Å². The molecule has 0 aromatic rings. The molecule has 0 aromatic carbocycles. The van der Waals surface area contributed by atoms with Crippen LogP contribution >= 0.6 is 0 Å². The molecule has 32 heavy (non-hydrogen) atoms. The summed E-state index contributed by atoms with van der Waals surface area (Å²) in [5, 5.41) is 2.46. The number of nitrogens with one attached hydrogen (secondary N) is 1. The Kier molecular flexibility index (Phi) is 15.8. The number of hydrogen-bond donors (Lipinski definition) is 1. The lowest BCUT2D eigenvalue weighted by Crippen LogP contribution is -2.43. The maximum atomic E-state index is 12.0. The lowest BCUT2D eigenvalue weighted by molar-refractivity contribution is -0.163. The highest BCUT2D eigenvalue weighted by Gasteiger charge is 2.45. The van der Waals surface area contributed by atoms with Crippen LogP contribution in [-0.2, 0) is 38.0 Å². The van der Waals surface area contributed by atoms with E-state index in [9.17, 15) is 9.59 Å². The third-order valence-electron chi connectivity index (χ3n) is 5.66. The molecule has 1 aliphatic rings. The molecule has 186 valence electrons. The van der Waals surface area contributed by atoms with Crippen LogP contribution in [0.4, 0.5) is 0 Å². The summed E-state index contributed by atoms with van der Waals surface area (Å²) < 4.78 is 32.3. The lowest BCUT2D eigenvalue weighted by Gasteiger charge is -2.29. The van der Waals surface area contributed by atoms with Gasteiger partial charge in [-0.3, -0.25) is 9.59 Å². The highest BCUT2D eigenvalue weighted by Crippen LogP contribution is 2.29.